The number of nitrogens with zero attached hydrogens (tertiary/aromatic N) is 1. The number of carbonyl (C=O) groups excluding carboxylic acids is 1. The Labute approximate surface area is 135 Å². The molecule has 0 saturated heterocycles. The normalized spacial score (nSPS) is 11.5. The lowest BCUT2D eigenvalue weighted by atomic mass is 10.2. The van der Waals surface area contributed by atoms with Gasteiger partial charge in [0.2, 0.25) is 0 Å². The Morgan fingerprint density at radius 3 is 2.65 bits per heavy atom. The Hall–Kier alpha value is -1.93. The van der Waals surface area contributed by atoms with E-state index in [1.807, 2.05) is 30.3 Å². The molecular formula is C15H15F3N2O2S. The average Bonchev–Trinajstić information content (AvgIpc) is 2.88. The van der Waals surface area contributed by atoms with E-state index in [9.17, 15) is 18.0 Å². The first-order valence-electron chi connectivity index (χ1n) is 6.82. The van der Waals surface area contributed by atoms with Crippen LogP contribution >= 0.6 is 11.3 Å². The van der Waals surface area contributed by atoms with Gasteiger partial charge < -0.3 is 10.1 Å². The van der Waals surface area contributed by atoms with E-state index in [1.54, 1.807) is 6.92 Å². The molecule has 0 spiro atoms. The van der Waals surface area contributed by atoms with E-state index in [-0.39, 0.29) is 19.1 Å². The molecule has 23 heavy (non-hydrogen) atoms. The van der Waals surface area contributed by atoms with Gasteiger partial charge in [0, 0.05) is 12.1 Å². The number of alkyl halides is 3. The Balaban J connectivity index is 1.89. The number of aromatic nitrogens is 1. The van der Waals surface area contributed by atoms with Gasteiger partial charge in [0.25, 0.3) is 5.91 Å². The van der Waals surface area contributed by atoms with E-state index < -0.39 is 12.8 Å². The molecule has 1 heterocycles. The predicted molar refractivity (Wildman–Crippen MR) is 81.5 cm³/mol. The summed E-state index contributed by atoms with van der Waals surface area (Å²) in [5.41, 5.74) is 1.50. The van der Waals surface area contributed by atoms with Gasteiger partial charge in [-0.3, -0.25) is 4.79 Å². The van der Waals surface area contributed by atoms with Gasteiger partial charge in [-0.25, -0.2) is 4.98 Å². The number of halogens is 3. The van der Waals surface area contributed by atoms with Crippen molar-refractivity contribution in [3.63, 3.8) is 0 Å². The van der Waals surface area contributed by atoms with Crippen LogP contribution in [0, 0.1) is 6.92 Å². The van der Waals surface area contributed by atoms with E-state index in [4.69, 9.17) is 0 Å². The summed E-state index contributed by atoms with van der Waals surface area (Å²) in [5, 5.41) is 3.25. The first kappa shape index (κ1) is 17.4. The zero-order chi connectivity index (χ0) is 16.9. The fourth-order valence-electron chi connectivity index (χ4n) is 1.82. The predicted octanol–water partition coefficient (Wildman–Crippen LogP) is 3.43. The Morgan fingerprint density at radius 1 is 1.30 bits per heavy atom. The van der Waals surface area contributed by atoms with Gasteiger partial charge in [0.15, 0.2) is 0 Å². The molecular weight excluding hydrogens is 329 g/mol. The average molecular weight is 344 g/mol. The zero-order valence-corrected chi connectivity index (χ0v) is 13.1. The smallest absolute Gasteiger partial charge is 0.370 e. The summed E-state index contributed by atoms with van der Waals surface area (Å²) in [6.07, 6.45) is -4.36. The number of aryl methyl sites for hydroxylation is 1. The lowest BCUT2D eigenvalue weighted by Gasteiger charge is -2.08. The Kier molecular flexibility index (Phi) is 5.73. The molecule has 0 atom stereocenters. The van der Waals surface area contributed by atoms with Gasteiger partial charge >= 0.3 is 6.18 Å². The standard InChI is InChI=1S/C15H15F3N2O2S/c1-10-12(13(21)19-7-8-22-9-15(16,17)18)23-14(20-10)11-5-3-2-4-6-11/h2-6H,7-9H2,1H3,(H,19,21). The van der Waals surface area contributed by atoms with Gasteiger partial charge in [0.05, 0.1) is 12.3 Å². The second-order valence-corrected chi connectivity index (χ2v) is 5.72. The first-order valence-corrected chi connectivity index (χ1v) is 7.64. The molecule has 2 rings (SSSR count). The lowest BCUT2D eigenvalue weighted by Crippen LogP contribution is -2.28. The van der Waals surface area contributed by atoms with Crippen LogP contribution in [0.15, 0.2) is 30.3 Å². The largest absolute Gasteiger partial charge is 0.411 e. The molecule has 0 fully saturated rings. The van der Waals surface area contributed by atoms with Crippen molar-refractivity contribution < 1.29 is 22.7 Å². The highest BCUT2D eigenvalue weighted by Crippen LogP contribution is 2.27. The lowest BCUT2D eigenvalue weighted by molar-refractivity contribution is -0.173. The van der Waals surface area contributed by atoms with Crippen LogP contribution in [0.4, 0.5) is 13.2 Å². The molecule has 1 aromatic carbocycles. The van der Waals surface area contributed by atoms with Crippen molar-refractivity contribution in [1.82, 2.24) is 10.3 Å². The van der Waals surface area contributed by atoms with E-state index >= 15 is 0 Å². The summed E-state index contributed by atoms with van der Waals surface area (Å²) in [6, 6.07) is 9.43. The minimum atomic E-state index is -4.36. The van der Waals surface area contributed by atoms with Crippen LogP contribution in [0.2, 0.25) is 0 Å². The molecule has 0 aliphatic carbocycles. The number of hydrogen-bond donors (Lipinski definition) is 1. The molecule has 0 unspecified atom stereocenters. The van der Waals surface area contributed by atoms with Gasteiger partial charge in [-0.2, -0.15) is 13.2 Å². The molecule has 2 aromatic rings. The monoisotopic (exact) mass is 344 g/mol. The topological polar surface area (TPSA) is 51.2 Å². The third-order valence-corrected chi connectivity index (χ3v) is 4.03. The quantitative estimate of drug-likeness (QED) is 0.817. The summed E-state index contributed by atoms with van der Waals surface area (Å²) in [6.45, 7) is 0.209. The van der Waals surface area contributed by atoms with Crippen molar-refractivity contribution in [2.45, 2.75) is 13.1 Å². The van der Waals surface area contributed by atoms with E-state index in [0.29, 0.717) is 10.6 Å². The van der Waals surface area contributed by atoms with Crippen molar-refractivity contribution >= 4 is 17.2 Å². The number of rotatable bonds is 6. The summed E-state index contributed by atoms with van der Waals surface area (Å²) in [5.74, 6) is -0.363. The highest BCUT2D eigenvalue weighted by Gasteiger charge is 2.27. The molecule has 8 heteroatoms. The number of benzene rings is 1. The third kappa shape index (κ3) is 5.33. The Morgan fingerprint density at radius 2 is 2.00 bits per heavy atom. The molecule has 0 saturated carbocycles. The van der Waals surface area contributed by atoms with Gasteiger partial charge in [-0.1, -0.05) is 30.3 Å². The fraction of sp³-hybridized carbons (Fsp3) is 0.333. The molecule has 0 aliphatic heterocycles. The molecule has 124 valence electrons. The molecule has 0 bridgehead atoms. The summed E-state index contributed by atoms with van der Waals surface area (Å²) < 4.78 is 40.2. The number of hydrogen-bond acceptors (Lipinski definition) is 4. The zero-order valence-electron chi connectivity index (χ0n) is 12.3. The maximum absolute atomic E-state index is 12.1. The maximum Gasteiger partial charge on any atom is 0.411 e. The summed E-state index contributed by atoms with van der Waals surface area (Å²) in [7, 11) is 0. The SMILES string of the molecule is Cc1nc(-c2ccccc2)sc1C(=O)NCCOCC(F)(F)F. The number of carbonyl (C=O) groups is 1. The second kappa shape index (κ2) is 7.56. The highest BCUT2D eigenvalue weighted by molar-refractivity contribution is 7.17. The number of ether oxygens (including phenoxy) is 1. The minimum absolute atomic E-state index is 0.00687. The Bertz CT molecular complexity index is 656. The highest BCUT2D eigenvalue weighted by atomic mass is 32.1. The molecule has 1 amide bonds. The summed E-state index contributed by atoms with van der Waals surface area (Å²) >= 11 is 1.24. The third-order valence-electron chi connectivity index (χ3n) is 2.82. The van der Waals surface area contributed by atoms with Crippen LogP contribution < -0.4 is 5.32 Å². The van der Waals surface area contributed by atoms with Crippen molar-refractivity contribution in [2.75, 3.05) is 19.8 Å². The van der Waals surface area contributed by atoms with Gasteiger partial charge in [0.1, 0.15) is 16.5 Å². The maximum atomic E-state index is 12.1. The van der Waals surface area contributed by atoms with Crippen LogP contribution in [0.25, 0.3) is 10.6 Å². The second-order valence-electron chi connectivity index (χ2n) is 4.72. The van der Waals surface area contributed by atoms with Crippen LogP contribution in [0.3, 0.4) is 0 Å². The van der Waals surface area contributed by atoms with Crippen molar-refractivity contribution in [3.8, 4) is 10.6 Å². The van der Waals surface area contributed by atoms with Gasteiger partial charge in [-0.05, 0) is 6.92 Å². The minimum Gasteiger partial charge on any atom is -0.370 e. The molecule has 1 aromatic heterocycles. The number of amides is 1. The van der Waals surface area contributed by atoms with E-state index in [2.05, 4.69) is 15.0 Å². The number of nitrogens with one attached hydrogen (secondary N) is 1. The molecule has 1 N–H and O–H groups in total. The van der Waals surface area contributed by atoms with Crippen LogP contribution in [-0.2, 0) is 4.74 Å². The fourth-order valence-corrected chi connectivity index (χ4v) is 2.80. The van der Waals surface area contributed by atoms with Crippen molar-refractivity contribution in [3.05, 3.63) is 40.9 Å². The van der Waals surface area contributed by atoms with Gasteiger partial charge in [-0.15, -0.1) is 11.3 Å². The number of thiazole rings is 1. The molecule has 4 nitrogen and oxygen atoms in total. The van der Waals surface area contributed by atoms with Crippen molar-refractivity contribution in [2.24, 2.45) is 0 Å². The molecule has 0 aliphatic rings. The van der Waals surface area contributed by atoms with Crippen LogP contribution in [-0.4, -0.2) is 36.8 Å². The van der Waals surface area contributed by atoms with E-state index in [1.165, 1.54) is 11.3 Å². The first-order chi connectivity index (χ1) is 10.9. The van der Waals surface area contributed by atoms with Crippen LogP contribution in [0.5, 0.6) is 0 Å². The van der Waals surface area contributed by atoms with Crippen LogP contribution in [0.1, 0.15) is 15.4 Å². The van der Waals surface area contributed by atoms with E-state index in [0.717, 1.165) is 10.6 Å². The molecule has 0 radical (unpaired) electrons. The van der Waals surface area contributed by atoms with Crippen molar-refractivity contribution in [1.29, 1.82) is 0 Å². The summed E-state index contributed by atoms with van der Waals surface area (Å²) in [4.78, 5) is 16.9.